The maximum absolute atomic E-state index is 12.9. The summed E-state index contributed by atoms with van der Waals surface area (Å²) < 4.78 is 51.4. The number of rotatable bonds is 7. The third-order valence-corrected chi connectivity index (χ3v) is 2.09. The highest BCUT2D eigenvalue weighted by Gasteiger charge is 2.35. The molecule has 0 aliphatic heterocycles. The fourth-order valence-electron chi connectivity index (χ4n) is 1.35. The van der Waals surface area contributed by atoms with E-state index in [1.165, 1.54) is 0 Å². The van der Waals surface area contributed by atoms with Crippen molar-refractivity contribution >= 4 is 0 Å². The number of hydrogen-bond donors (Lipinski definition) is 0. The van der Waals surface area contributed by atoms with Crippen LogP contribution in [0, 0.1) is 0 Å². The van der Waals surface area contributed by atoms with Crippen molar-refractivity contribution in [2.45, 2.75) is 64.2 Å². The average molecular weight is 214 g/mol. The Bertz CT molecular complexity index is 136. The van der Waals surface area contributed by atoms with E-state index in [4.69, 9.17) is 0 Å². The molecule has 4 heteroatoms. The van der Waals surface area contributed by atoms with Crippen LogP contribution in [0.1, 0.15) is 52.4 Å². The summed E-state index contributed by atoms with van der Waals surface area (Å²) in [6, 6.07) is 0. The van der Waals surface area contributed by atoms with E-state index in [-0.39, 0.29) is 12.8 Å². The van der Waals surface area contributed by atoms with Crippen LogP contribution in [0.3, 0.4) is 0 Å². The number of hydrogen-bond acceptors (Lipinski definition) is 0. The second kappa shape index (κ2) is 5.56. The van der Waals surface area contributed by atoms with Crippen LogP contribution in [-0.4, -0.2) is 11.8 Å². The second-order valence-electron chi connectivity index (χ2n) is 3.71. The topological polar surface area (TPSA) is 0 Å². The minimum Gasteiger partial charge on any atom is -0.207 e. The summed E-state index contributed by atoms with van der Waals surface area (Å²) in [7, 11) is 0. The molecule has 0 aromatic rings. The van der Waals surface area contributed by atoms with Crippen LogP contribution in [0.5, 0.6) is 0 Å². The molecule has 0 aliphatic carbocycles. The van der Waals surface area contributed by atoms with Gasteiger partial charge in [0.15, 0.2) is 0 Å². The van der Waals surface area contributed by atoms with E-state index >= 15 is 0 Å². The zero-order valence-corrected chi connectivity index (χ0v) is 8.75. The lowest BCUT2D eigenvalue weighted by Gasteiger charge is -2.20. The molecule has 0 heterocycles. The van der Waals surface area contributed by atoms with Crippen LogP contribution >= 0.6 is 0 Å². The lowest BCUT2D eigenvalue weighted by molar-refractivity contribution is -0.0707. The maximum Gasteiger partial charge on any atom is 0.248 e. The highest BCUT2D eigenvalue weighted by Crippen LogP contribution is 2.33. The SMILES string of the molecule is CCCC(F)(F)CCC(F)(F)CCC. The lowest BCUT2D eigenvalue weighted by atomic mass is 10.0. The molecule has 0 atom stereocenters. The third-order valence-electron chi connectivity index (χ3n) is 2.09. The summed E-state index contributed by atoms with van der Waals surface area (Å²) in [6.07, 6.45) is -1.34. The van der Waals surface area contributed by atoms with E-state index in [2.05, 4.69) is 0 Å². The van der Waals surface area contributed by atoms with Gasteiger partial charge in [-0.15, -0.1) is 0 Å². The van der Waals surface area contributed by atoms with Gasteiger partial charge in [-0.1, -0.05) is 26.7 Å². The predicted molar refractivity (Wildman–Crippen MR) is 48.9 cm³/mol. The highest BCUT2D eigenvalue weighted by atomic mass is 19.3. The fourth-order valence-corrected chi connectivity index (χ4v) is 1.35. The maximum atomic E-state index is 12.9. The van der Waals surface area contributed by atoms with Crippen LogP contribution in [0.4, 0.5) is 17.6 Å². The average Bonchev–Trinajstić information content (AvgIpc) is 2.01. The van der Waals surface area contributed by atoms with Crippen molar-refractivity contribution in [3.8, 4) is 0 Å². The molecule has 14 heavy (non-hydrogen) atoms. The molecule has 0 nitrogen and oxygen atoms in total. The minimum atomic E-state index is -2.92. The van der Waals surface area contributed by atoms with Gasteiger partial charge in [0.25, 0.3) is 0 Å². The molecule has 0 fully saturated rings. The van der Waals surface area contributed by atoms with Gasteiger partial charge in [-0.3, -0.25) is 0 Å². The van der Waals surface area contributed by atoms with Crippen molar-refractivity contribution in [1.82, 2.24) is 0 Å². The van der Waals surface area contributed by atoms with E-state index in [0.717, 1.165) is 0 Å². The van der Waals surface area contributed by atoms with Crippen molar-refractivity contribution < 1.29 is 17.6 Å². The Kier molecular flexibility index (Phi) is 5.45. The van der Waals surface area contributed by atoms with Gasteiger partial charge in [0.1, 0.15) is 0 Å². The lowest BCUT2D eigenvalue weighted by Crippen LogP contribution is -2.23. The molecule has 0 rings (SSSR count). The third kappa shape index (κ3) is 6.22. The van der Waals surface area contributed by atoms with Crippen LogP contribution in [0.2, 0.25) is 0 Å². The van der Waals surface area contributed by atoms with Crippen LogP contribution < -0.4 is 0 Å². The number of halogens is 4. The van der Waals surface area contributed by atoms with Crippen molar-refractivity contribution in [2.75, 3.05) is 0 Å². The van der Waals surface area contributed by atoms with E-state index in [1.54, 1.807) is 13.8 Å². The molecule has 0 aromatic heterocycles. The molecule has 0 spiro atoms. The normalized spacial score (nSPS) is 13.3. The first-order chi connectivity index (χ1) is 6.33. The van der Waals surface area contributed by atoms with Crippen molar-refractivity contribution in [2.24, 2.45) is 0 Å². The first kappa shape index (κ1) is 13.7. The van der Waals surface area contributed by atoms with Gasteiger partial charge in [0.05, 0.1) is 0 Å². The summed E-state index contributed by atoms with van der Waals surface area (Å²) >= 11 is 0. The quantitative estimate of drug-likeness (QED) is 0.542. The Morgan fingerprint density at radius 1 is 0.643 bits per heavy atom. The Labute approximate surface area is 82.7 Å². The van der Waals surface area contributed by atoms with E-state index in [0.29, 0.717) is 12.8 Å². The zero-order chi connectivity index (χ0) is 11.2. The van der Waals surface area contributed by atoms with E-state index in [9.17, 15) is 17.6 Å². The Morgan fingerprint density at radius 2 is 0.929 bits per heavy atom. The van der Waals surface area contributed by atoms with Crippen LogP contribution in [0.25, 0.3) is 0 Å². The summed E-state index contributed by atoms with van der Waals surface area (Å²) in [5.74, 6) is -5.85. The van der Waals surface area contributed by atoms with Gasteiger partial charge in [-0.2, -0.15) is 0 Å². The molecular weight excluding hydrogens is 196 g/mol. The highest BCUT2D eigenvalue weighted by molar-refractivity contribution is 4.72. The van der Waals surface area contributed by atoms with Crippen molar-refractivity contribution in [1.29, 1.82) is 0 Å². The molecule has 0 unspecified atom stereocenters. The molecule has 0 amide bonds. The minimum absolute atomic E-state index is 0.296. The van der Waals surface area contributed by atoms with Gasteiger partial charge in [-0.25, -0.2) is 17.6 Å². The largest absolute Gasteiger partial charge is 0.248 e. The van der Waals surface area contributed by atoms with Gasteiger partial charge in [-0.05, 0) is 0 Å². The Balaban J connectivity index is 3.90. The first-order valence-electron chi connectivity index (χ1n) is 5.08. The molecule has 86 valence electrons. The molecule has 0 bridgehead atoms. The molecule has 0 aromatic carbocycles. The van der Waals surface area contributed by atoms with Gasteiger partial charge in [0.2, 0.25) is 11.8 Å². The second-order valence-corrected chi connectivity index (χ2v) is 3.71. The van der Waals surface area contributed by atoms with E-state index in [1.807, 2.05) is 0 Å². The summed E-state index contributed by atoms with van der Waals surface area (Å²) in [4.78, 5) is 0. The van der Waals surface area contributed by atoms with Crippen LogP contribution in [-0.2, 0) is 0 Å². The Morgan fingerprint density at radius 3 is 1.14 bits per heavy atom. The van der Waals surface area contributed by atoms with Gasteiger partial charge in [0, 0.05) is 25.7 Å². The summed E-state index contributed by atoms with van der Waals surface area (Å²) in [6.45, 7) is 3.25. The molecular formula is C10H18F4. The Hall–Kier alpha value is -0.280. The molecule has 0 saturated heterocycles. The van der Waals surface area contributed by atoms with Crippen LogP contribution in [0.15, 0.2) is 0 Å². The van der Waals surface area contributed by atoms with Gasteiger partial charge >= 0.3 is 0 Å². The molecule has 0 aliphatic rings. The summed E-state index contributed by atoms with van der Waals surface area (Å²) in [5.41, 5.74) is 0. The predicted octanol–water partition coefficient (Wildman–Crippen LogP) is 4.64. The molecule has 0 saturated carbocycles. The van der Waals surface area contributed by atoms with E-state index < -0.39 is 24.7 Å². The molecule has 0 N–H and O–H groups in total. The van der Waals surface area contributed by atoms with Crippen molar-refractivity contribution in [3.05, 3.63) is 0 Å². The number of alkyl halides is 4. The standard InChI is InChI=1S/C10H18F4/c1-3-5-9(11,12)7-8-10(13,14)6-4-2/h3-8H2,1-2H3. The summed E-state index contributed by atoms with van der Waals surface area (Å²) in [5, 5.41) is 0. The smallest absolute Gasteiger partial charge is 0.207 e. The zero-order valence-electron chi connectivity index (χ0n) is 8.75. The molecule has 0 radical (unpaired) electrons. The fraction of sp³-hybridized carbons (Fsp3) is 1.00. The van der Waals surface area contributed by atoms with Gasteiger partial charge < -0.3 is 0 Å². The van der Waals surface area contributed by atoms with Crippen molar-refractivity contribution in [3.63, 3.8) is 0 Å². The monoisotopic (exact) mass is 214 g/mol. The first-order valence-corrected chi connectivity index (χ1v) is 5.08.